The Morgan fingerprint density at radius 1 is 1.33 bits per heavy atom. The van der Waals surface area contributed by atoms with Crippen LogP contribution in [0.2, 0.25) is 0 Å². The Morgan fingerprint density at radius 2 is 2.15 bits per heavy atom. The van der Waals surface area contributed by atoms with E-state index in [-0.39, 0.29) is 17.7 Å². The standard InChI is InChI=1S/C19H24N4O3S/c1-13(24)22-6-8-23(9-7-22)19-21-16-5-4-14(11-17(16)27-19)18(25)20-12-15-3-2-10-26-15/h2-3,10,14H,4-9,11-12H2,1H3,(H,20,25). The molecule has 0 radical (unpaired) electrons. The summed E-state index contributed by atoms with van der Waals surface area (Å²) in [7, 11) is 0. The lowest BCUT2D eigenvalue weighted by Crippen LogP contribution is -2.48. The maximum Gasteiger partial charge on any atom is 0.223 e. The van der Waals surface area contributed by atoms with Crippen LogP contribution >= 0.6 is 11.3 Å². The summed E-state index contributed by atoms with van der Waals surface area (Å²) in [6.07, 6.45) is 4.05. The van der Waals surface area contributed by atoms with Crippen molar-refractivity contribution in [3.05, 3.63) is 34.7 Å². The molecule has 2 aromatic heterocycles. The van der Waals surface area contributed by atoms with Gasteiger partial charge in [-0.2, -0.15) is 0 Å². The van der Waals surface area contributed by atoms with Gasteiger partial charge in [-0.1, -0.05) is 0 Å². The third-order valence-electron chi connectivity index (χ3n) is 5.31. The molecule has 1 aliphatic carbocycles. The van der Waals surface area contributed by atoms with Crippen LogP contribution in [0.1, 0.15) is 29.7 Å². The highest BCUT2D eigenvalue weighted by Gasteiger charge is 2.29. The predicted molar refractivity (Wildman–Crippen MR) is 103 cm³/mol. The van der Waals surface area contributed by atoms with Crippen LogP contribution in [0.4, 0.5) is 5.13 Å². The van der Waals surface area contributed by atoms with Gasteiger partial charge in [0.15, 0.2) is 5.13 Å². The normalized spacial score (nSPS) is 19.7. The van der Waals surface area contributed by atoms with Gasteiger partial charge in [0.1, 0.15) is 5.76 Å². The molecular weight excluding hydrogens is 364 g/mol. The Kier molecular flexibility index (Phi) is 5.15. The quantitative estimate of drug-likeness (QED) is 0.864. The zero-order chi connectivity index (χ0) is 18.8. The van der Waals surface area contributed by atoms with Crippen molar-refractivity contribution < 1.29 is 14.0 Å². The number of nitrogens with one attached hydrogen (secondary N) is 1. The van der Waals surface area contributed by atoms with E-state index >= 15 is 0 Å². The molecule has 2 amide bonds. The van der Waals surface area contributed by atoms with Crippen LogP contribution in [0.3, 0.4) is 0 Å². The first-order chi connectivity index (χ1) is 13.1. The van der Waals surface area contributed by atoms with E-state index in [0.29, 0.717) is 6.54 Å². The molecule has 4 rings (SSSR count). The smallest absolute Gasteiger partial charge is 0.223 e. The number of anilines is 1. The third kappa shape index (κ3) is 4.00. The number of amides is 2. The number of fused-ring (bicyclic) bond motifs is 1. The average molecular weight is 388 g/mol. The molecule has 7 nitrogen and oxygen atoms in total. The molecule has 8 heteroatoms. The van der Waals surface area contributed by atoms with Gasteiger partial charge >= 0.3 is 0 Å². The molecule has 3 heterocycles. The molecule has 27 heavy (non-hydrogen) atoms. The number of aromatic nitrogens is 1. The highest BCUT2D eigenvalue weighted by atomic mass is 32.1. The number of hydrogen-bond acceptors (Lipinski definition) is 6. The Hall–Kier alpha value is -2.35. The molecule has 1 atom stereocenters. The molecule has 1 N–H and O–H groups in total. The molecule has 144 valence electrons. The first-order valence-corrected chi connectivity index (χ1v) is 10.2. The van der Waals surface area contributed by atoms with Crippen molar-refractivity contribution in [3.63, 3.8) is 0 Å². The zero-order valence-corrected chi connectivity index (χ0v) is 16.3. The van der Waals surface area contributed by atoms with E-state index in [1.807, 2.05) is 17.0 Å². The number of aryl methyl sites for hydroxylation is 1. The van der Waals surface area contributed by atoms with Crippen molar-refractivity contribution >= 4 is 28.3 Å². The maximum absolute atomic E-state index is 12.5. The second-order valence-corrected chi connectivity index (χ2v) is 8.16. The maximum atomic E-state index is 12.5. The lowest BCUT2D eigenvalue weighted by atomic mass is 9.90. The Labute approximate surface area is 162 Å². The highest BCUT2D eigenvalue weighted by Crippen LogP contribution is 2.34. The zero-order valence-electron chi connectivity index (χ0n) is 15.4. The van der Waals surface area contributed by atoms with E-state index < -0.39 is 0 Å². The SMILES string of the molecule is CC(=O)N1CCN(c2nc3c(s2)CC(C(=O)NCc2ccco2)CC3)CC1. The van der Waals surface area contributed by atoms with Gasteiger partial charge < -0.3 is 19.5 Å². The lowest BCUT2D eigenvalue weighted by Gasteiger charge is -2.33. The van der Waals surface area contributed by atoms with E-state index in [0.717, 1.165) is 62.0 Å². The van der Waals surface area contributed by atoms with E-state index in [2.05, 4.69) is 10.2 Å². The summed E-state index contributed by atoms with van der Waals surface area (Å²) >= 11 is 1.70. The van der Waals surface area contributed by atoms with E-state index in [1.54, 1.807) is 24.5 Å². The highest BCUT2D eigenvalue weighted by molar-refractivity contribution is 7.15. The summed E-state index contributed by atoms with van der Waals surface area (Å²) < 4.78 is 5.27. The van der Waals surface area contributed by atoms with Gasteiger partial charge in [0.25, 0.3) is 0 Å². The molecular formula is C19H24N4O3S. The van der Waals surface area contributed by atoms with Gasteiger partial charge in [0.05, 0.1) is 18.5 Å². The van der Waals surface area contributed by atoms with Gasteiger partial charge in [0.2, 0.25) is 11.8 Å². The number of thiazole rings is 1. The third-order valence-corrected chi connectivity index (χ3v) is 6.49. The molecule has 0 aromatic carbocycles. The minimum absolute atomic E-state index is 0.00433. The van der Waals surface area contributed by atoms with Crippen molar-refractivity contribution in [2.24, 2.45) is 5.92 Å². The first kappa shape index (κ1) is 18.0. The lowest BCUT2D eigenvalue weighted by molar-refractivity contribution is -0.129. The van der Waals surface area contributed by atoms with Crippen molar-refractivity contribution in [2.75, 3.05) is 31.1 Å². The molecule has 2 aromatic rings. The second kappa shape index (κ2) is 7.72. The van der Waals surface area contributed by atoms with Crippen LogP contribution in [0.25, 0.3) is 0 Å². The topological polar surface area (TPSA) is 78.7 Å². The minimum Gasteiger partial charge on any atom is -0.467 e. The summed E-state index contributed by atoms with van der Waals surface area (Å²) in [5, 5.41) is 4.00. The van der Waals surface area contributed by atoms with Crippen LogP contribution in [-0.2, 0) is 29.0 Å². The van der Waals surface area contributed by atoms with Gasteiger partial charge in [0, 0.05) is 43.9 Å². The van der Waals surface area contributed by atoms with Crippen molar-refractivity contribution in [1.82, 2.24) is 15.2 Å². The van der Waals surface area contributed by atoms with Crippen LogP contribution in [-0.4, -0.2) is 47.9 Å². The monoisotopic (exact) mass is 388 g/mol. The van der Waals surface area contributed by atoms with E-state index in [4.69, 9.17) is 9.40 Å². The fraction of sp³-hybridized carbons (Fsp3) is 0.526. The molecule has 1 fully saturated rings. The van der Waals surface area contributed by atoms with Gasteiger partial charge in [-0.3, -0.25) is 9.59 Å². The largest absolute Gasteiger partial charge is 0.467 e. The van der Waals surface area contributed by atoms with Crippen molar-refractivity contribution in [3.8, 4) is 0 Å². The molecule has 0 spiro atoms. The number of carbonyl (C=O) groups is 2. The molecule has 0 saturated carbocycles. The Balaban J connectivity index is 1.35. The number of carbonyl (C=O) groups excluding carboxylic acids is 2. The summed E-state index contributed by atoms with van der Waals surface area (Å²) in [5.41, 5.74) is 1.14. The Bertz CT molecular complexity index is 809. The van der Waals surface area contributed by atoms with Crippen LogP contribution < -0.4 is 10.2 Å². The summed E-state index contributed by atoms with van der Waals surface area (Å²) in [4.78, 5) is 34.2. The molecule has 0 bridgehead atoms. The van der Waals surface area contributed by atoms with Gasteiger partial charge in [-0.25, -0.2) is 4.98 Å². The van der Waals surface area contributed by atoms with Crippen LogP contribution in [0, 0.1) is 5.92 Å². The summed E-state index contributed by atoms with van der Waals surface area (Å²) in [6.45, 7) is 5.19. The predicted octanol–water partition coefficient (Wildman–Crippen LogP) is 1.83. The second-order valence-electron chi connectivity index (χ2n) is 7.10. The van der Waals surface area contributed by atoms with Crippen LogP contribution in [0.15, 0.2) is 22.8 Å². The summed E-state index contributed by atoms with van der Waals surface area (Å²) in [6, 6.07) is 3.68. The average Bonchev–Trinajstić information content (AvgIpc) is 3.35. The number of rotatable bonds is 4. The molecule has 1 unspecified atom stereocenters. The number of furan rings is 1. The number of hydrogen-bond donors (Lipinski definition) is 1. The fourth-order valence-corrected chi connectivity index (χ4v) is 4.90. The first-order valence-electron chi connectivity index (χ1n) is 9.39. The molecule has 2 aliphatic rings. The van der Waals surface area contributed by atoms with Gasteiger partial charge in [-0.15, -0.1) is 11.3 Å². The molecule has 1 aliphatic heterocycles. The Morgan fingerprint density at radius 3 is 2.85 bits per heavy atom. The number of piperazine rings is 1. The number of nitrogens with zero attached hydrogens (tertiary/aromatic N) is 3. The van der Waals surface area contributed by atoms with E-state index in [9.17, 15) is 9.59 Å². The van der Waals surface area contributed by atoms with Crippen molar-refractivity contribution in [2.45, 2.75) is 32.7 Å². The van der Waals surface area contributed by atoms with Crippen LogP contribution in [0.5, 0.6) is 0 Å². The van der Waals surface area contributed by atoms with Gasteiger partial charge in [-0.05, 0) is 31.4 Å². The van der Waals surface area contributed by atoms with E-state index in [1.165, 1.54) is 4.88 Å². The fourth-order valence-electron chi connectivity index (χ4n) is 3.66. The van der Waals surface area contributed by atoms with Crippen molar-refractivity contribution in [1.29, 1.82) is 0 Å². The molecule has 1 saturated heterocycles. The summed E-state index contributed by atoms with van der Waals surface area (Å²) in [5.74, 6) is 0.985. The minimum atomic E-state index is -0.00433.